The van der Waals surface area contributed by atoms with E-state index in [0.717, 1.165) is 37.2 Å². The number of hydrazine groups is 1. The third kappa shape index (κ3) is 3.07. The Balaban J connectivity index is 1.41. The molecule has 0 bridgehead atoms. The maximum atomic E-state index is 12.4. The number of benzene rings is 1. The highest BCUT2D eigenvalue weighted by Gasteiger charge is 2.44. The van der Waals surface area contributed by atoms with Crippen molar-refractivity contribution in [3.8, 4) is 11.4 Å². The zero-order valence-electron chi connectivity index (χ0n) is 15.2. The fourth-order valence-electron chi connectivity index (χ4n) is 4.19. The van der Waals surface area contributed by atoms with E-state index in [-0.39, 0.29) is 18.0 Å². The number of piperidine rings is 1. The lowest BCUT2D eigenvalue weighted by Crippen LogP contribution is -2.53. The Kier molecular flexibility index (Phi) is 4.54. The van der Waals surface area contributed by atoms with Gasteiger partial charge in [0.05, 0.1) is 10.9 Å². The summed E-state index contributed by atoms with van der Waals surface area (Å²) in [4.78, 5) is 16.9. The highest BCUT2D eigenvalue weighted by Crippen LogP contribution is 2.35. The first-order chi connectivity index (χ1) is 13.7. The number of hydrogen-bond acceptors (Lipinski definition) is 7. The van der Waals surface area contributed by atoms with Crippen molar-refractivity contribution in [2.75, 3.05) is 19.6 Å². The molecule has 8 nitrogen and oxygen atoms in total. The normalized spacial score (nSPS) is 25.4. The molecule has 2 saturated heterocycles. The van der Waals surface area contributed by atoms with E-state index < -0.39 is 0 Å². The van der Waals surface area contributed by atoms with E-state index in [1.54, 1.807) is 12.1 Å². The summed E-state index contributed by atoms with van der Waals surface area (Å²) in [6.45, 7) is 2.55. The minimum atomic E-state index is -0.248. The van der Waals surface area contributed by atoms with Crippen molar-refractivity contribution in [1.82, 2.24) is 31.2 Å². The largest absolute Gasteiger partial charge is 0.338 e. The molecule has 5 rings (SSSR count). The molecule has 0 saturated carbocycles. The van der Waals surface area contributed by atoms with E-state index >= 15 is 0 Å². The van der Waals surface area contributed by atoms with Crippen LogP contribution in [0.2, 0.25) is 5.02 Å². The van der Waals surface area contributed by atoms with Gasteiger partial charge >= 0.3 is 0 Å². The lowest BCUT2D eigenvalue weighted by molar-refractivity contribution is -0.119. The van der Waals surface area contributed by atoms with Gasteiger partial charge in [0.1, 0.15) is 6.17 Å². The van der Waals surface area contributed by atoms with E-state index in [1.807, 2.05) is 18.2 Å². The molecule has 9 heteroatoms. The van der Waals surface area contributed by atoms with Crippen molar-refractivity contribution in [3.63, 3.8) is 0 Å². The van der Waals surface area contributed by atoms with Crippen molar-refractivity contribution in [1.29, 1.82) is 0 Å². The Morgan fingerprint density at radius 1 is 1.21 bits per heavy atom. The van der Waals surface area contributed by atoms with Crippen LogP contribution in [0.15, 0.2) is 40.6 Å². The van der Waals surface area contributed by atoms with Gasteiger partial charge in [-0.15, -0.1) is 0 Å². The number of carbonyl (C=O) groups excluding carboxylic acids is 1. The molecule has 2 aromatic rings. The van der Waals surface area contributed by atoms with Crippen molar-refractivity contribution in [2.45, 2.75) is 24.9 Å². The number of halogens is 1. The smallest absolute Gasteiger partial charge is 0.247 e. The Labute approximate surface area is 167 Å². The summed E-state index contributed by atoms with van der Waals surface area (Å²) in [6.07, 6.45) is 3.50. The van der Waals surface area contributed by atoms with Crippen LogP contribution in [0.5, 0.6) is 0 Å². The van der Waals surface area contributed by atoms with Crippen molar-refractivity contribution < 1.29 is 9.32 Å². The van der Waals surface area contributed by atoms with Gasteiger partial charge in [0, 0.05) is 29.8 Å². The first kappa shape index (κ1) is 17.7. The van der Waals surface area contributed by atoms with Crippen LogP contribution in [0.3, 0.4) is 0 Å². The van der Waals surface area contributed by atoms with Crippen LogP contribution in [-0.4, -0.2) is 46.9 Å². The van der Waals surface area contributed by atoms with E-state index in [2.05, 4.69) is 31.2 Å². The molecule has 0 radical (unpaired) electrons. The second kappa shape index (κ2) is 7.20. The van der Waals surface area contributed by atoms with Gasteiger partial charge in [0.15, 0.2) is 0 Å². The summed E-state index contributed by atoms with van der Waals surface area (Å²) in [6, 6.07) is 7.39. The fourth-order valence-corrected chi connectivity index (χ4v) is 4.41. The highest BCUT2D eigenvalue weighted by molar-refractivity contribution is 6.33. The lowest BCUT2D eigenvalue weighted by Gasteiger charge is -2.38. The number of amides is 1. The van der Waals surface area contributed by atoms with E-state index in [9.17, 15) is 4.79 Å². The quantitative estimate of drug-likeness (QED) is 0.720. The summed E-state index contributed by atoms with van der Waals surface area (Å²) >= 11 is 6.25. The number of aromatic nitrogens is 2. The number of allylic oxidation sites excluding steroid dienone is 1. The zero-order valence-corrected chi connectivity index (χ0v) is 15.9. The van der Waals surface area contributed by atoms with Crippen LogP contribution in [-0.2, 0) is 4.79 Å². The molecule has 146 valence electrons. The number of fused-ring (bicyclic) bond motifs is 1. The van der Waals surface area contributed by atoms with Crippen LogP contribution in [0.1, 0.15) is 24.7 Å². The van der Waals surface area contributed by atoms with Gasteiger partial charge in [-0.3, -0.25) is 9.80 Å². The van der Waals surface area contributed by atoms with Gasteiger partial charge in [-0.1, -0.05) is 28.9 Å². The first-order valence-electron chi connectivity index (χ1n) is 9.55. The van der Waals surface area contributed by atoms with E-state index in [4.69, 9.17) is 16.1 Å². The number of nitrogens with one attached hydrogen (secondary N) is 3. The van der Waals surface area contributed by atoms with Crippen LogP contribution >= 0.6 is 11.6 Å². The minimum absolute atomic E-state index is 0.0747. The SMILES string of the molecule is O=C1C=C(C2CCNCC2)N2NCC(c3nc(-c4ccccc4Cl)no3)C2N1. The minimum Gasteiger partial charge on any atom is -0.338 e. The van der Waals surface area contributed by atoms with E-state index in [0.29, 0.717) is 29.2 Å². The maximum absolute atomic E-state index is 12.4. The predicted octanol–water partition coefficient (Wildman–Crippen LogP) is 1.63. The summed E-state index contributed by atoms with van der Waals surface area (Å²) in [7, 11) is 0. The number of rotatable bonds is 3. The van der Waals surface area contributed by atoms with Gasteiger partial charge in [-0.05, 0) is 38.1 Å². The lowest BCUT2D eigenvalue weighted by atomic mass is 9.92. The average molecular weight is 401 g/mol. The summed E-state index contributed by atoms with van der Waals surface area (Å²) in [5.74, 6) is 1.09. The Morgan fingerprint density at radius 3 is 2.86 bits per heavy atom. The molecule has 1 aromatic carbocycles. The van der Waals surface area contributed by atoms with Gasteiger partial charge in [-0.2, -0.15) is 4.98 Å². The van der Waals surface area contributed by atoms with Gasteiger partial charge in [0.2, 0.25) is 17.6 Å². The first-order valence-corrected chi connectivity index (χ1v) is 9.92. The molecule has 1 aromatic heterocycles. The Hall–Kier alpha value is -2.42. The fraction of sp³-hybridized carbons (Fsp3) is 0.421. The summed E-state index contributed by atoms with van der Waals surface area (Å²) in [5.41, 5.74) is 5.18. The summed E-state index contributed by atoms with van der Waals surface area (Å²) in [5, 5.41) is 13.2. The monoisotopic (exact) mass is 400 g/mol. The second-order valence-electron chi connectivity index (χ2n) is 7.32. The van der Waals surface area contributed by atoms with Crippen molar-refractivity contribution in [3.05, 3.63) is 47.0 Å². The molecule has 2 unspecified atom stereocenters. The third-order valence-electron chi connectivity index (χ3n) is 5.62. The van der Waals surface area contributed by atoms with Gasteiger partial charge in [0.25, 0.3) is 0 Å². The van der Waals surface area contributed by atoms with Crippen molar-refractivity contribution >= 4 is 17.5 Å². The van der Waals surface area contributed by atoms with Crippen LogP contribution in [0, 0.1) is 5.92 Å². The number of carbonyl (C=O) groups is 1. The zero-order chi connectivity index (χ0) is 19.1. The van der Waals surface area contributed by atoms with Crippen molar-refractivity contribution in [2.24, 2.45) is 5.92 Å². The topological polar surface area (TPSA) is 95.3 Å². The molecule has 2 fully saturated rings. The molecule has 0 aliphatic carbocycles. The molecule has 28 heavy (non-hydrogen) atoms. The number of hydrogen-bond donors (Lipinski definition) is 3. The molecular formula is C19H21ClN6O2. The molecule has 3 aliphatic heterocycles. The molecule has 3 N–H and O–H groups in total. The molecular weight excluding hydrogens is 380 g/mol. The molecule has 4 heterocycles. The molecule has 2 atom stereocenters. The summed E-state index contributed by atoms with van der Waals surface area (Å²) < 4.78 is 5.56. The second-order valence-corrected chi connectivity index (χ2v) is 7.73. The van der Waals surface area contributed by atoms with Crippen LogP contribution < -0.4 is 16.1 Å². The maximum Gasteiger partial charge on any atom is 0.247 e. The van der Waals surface area contributed by atoms with E-state index in [1.165, 1.54) is 0 Å². The molecule has 1 amide bonds. The van der Waals surface area contributed by atoms with Gasteiger partial charge in [-0.25, -0.2) is 5.43 Å². The predicted molar refractivity (Wildman–Crippen MR) is 103 cm³/mol. The Bertz CT molecular complexity index is 923. The molecule has 3 aliphatic rings. The third-order valence-corrected chi connectivity index (χ3v) is 5.95. The highest BCUT2D eigenvalue weighted by atomic mass is 35.5. The van der Waals surface area contributed by atoms with Crippen LogP contribution in [0.25, 0.3) is 11.4 Å². The average Bonchev–Trinajstić information content (AvgIpc) is 3.35. The standard InChI is InChI=1S/C19H21ClN6O2/c20-14-4-2-1-3-12(14)17-24-19(28-25-17)13-10-22-26-15(9-16(27)23-18(13)26)11-5-7-21-8-6-11/h1-4,9,11,13,18,21-22H,5-8,10H2,(H,23,27). The van der Waals surface area contributed by atoms with Crippen LogP contribution in [0.4, 0.5) is 0 Å². The number of nitrogens with zero attached hydrogens (tertiary/aromatic N) is 3. The van der Waals surface area contributed by atoms with Gasteiger partial charge < -0.3 is 15.2 Å². The molecule has 0 spiro atoms. The Morgan fingerprint density at radius 2 is 2.04 bits per heavy atom.